The molecule has 0 heterocycles. The van der Waals surface area contributed by atoms with E-state index in [1.165, 1.54) is 22.9 Å². The molecule has 0 spiro atoms. The number of benzene rings is 2. The van der Waals surface area contributed by atoms with Crippen LogP contribution in [0.2, 0.25) is 0 Å². The fourth-order valence-corrected chi connectivity index (χ4v) is 2.77. The summed E-state index contributed by atoms with van der Waals surface area (Å²) >= 11 is 1.21. The molecule has 0 aromatic heterocycles. The number of nitriles is 1. The third-order valence-corrected chi connectivity index (χ3v) is 4.47. The quantitative estimate of drug-likeness (QED) is 0.392. The maximum absolute atomic E-state index is 8.83. The van der Waals surface area contributed by atoms with E-state index in [1.807, 2.05) is 12.1 Å². The Bertz CT molecular complexity index is 713. The van der Waals surface area contributed by atoms with Crippen molar-refractivity contribution in [3.63, 3.8) is 0 Å². The van der Waals surface area contributed by atoms with E-state index in [9.17, 15) is 0 Å². The van der Waals surface area contributed by atoms with Crippen molar-refractivity contribution in [3.05, 3.63) is 64.7 Å². The molecular formula is C20H21NS. The maximum Gasteiger partial charge on any atom is 0.138 e. The smallest absolute Gasteiger partial charge is 0.138 e. The molecule has 0 aliphatic rings. The summed E-state index contributed by atoms with van der Waals surface area (Å²) in [6, 6.07) is 14.7. The van der Waals surface area contributed by atoms with Gasteiger partial charge in [0.1, 0.15) is 5.40 Å². The lowest BCUT2D eigenvalue weighted by atomic mass is 9.87. The Hall–Kier alpha value is -1.98. The first-order valence-corrected chi connectivity index (χ1v) is 8.17. The third-order valence-electron chi connectivity index (χ3n) is 3.71. The van der Waals surface area contributed by atoms with Gasteiger partial charge in [-0.15, -0.1) is 0 Å². The molecule has 112 valence electrons. The average molecular weight is 307 g/mol. The summed E-state index contributed by atoms with van der Waals surface area (Å²) in [5.41, 5.74) is 5.01. The minimum atomic E-state index is 0.182. The number of hydrogen-bond donors (Lipinski definition) is 0. The van der Waals surface area contributed by atoms with Crippen molar-refractivity contribution in [2.75, 3.05) is 0 Å². The first-order chi connectivity index (χ1) is 10.4. The van der Waals surface area contributed by atoms with Gasteiger partial charge in [0.15, 0.2) is 0 Å². The standard InChI is InChI=1S/C20H21NS/c1-15-17(6-5-7-19(15)22-14-21)11-8-16-9-12-18(13-10-16)20(2,3)4/h5-13H,1-4H3/b11-8+. The predicted octanol–water partition coefficient (Wildman–Crippen LogP) is 6.04. The molecule has 0 bridgehead atoms. The SMILES string of the molecule is Cc1c(/C=C/c2ccc(C(C)(C)C)cc2)cccc1SC#N. The lowest BCUT2D eigenvalue weighted by Crippen LogP contribution is -2.10. The second kappa shape index (κ2) is 6.85. The molecule has 2 rings (SSSR count). The molecule has 1 nitrogen and oxygen atoms in total. The topological polar surface area (TPSA) is 23.8 Å². The van der Waals surface area contributed by atoms with Gasteiger partial charge >= 0.3 is 0 Å². The van der Waals surface area contributed by atoms with Crippen LogP contribution >= 0.6 is 11.8 Å². The van der Waals surface area contributed by atoms with E-state index in [-0.39, 0.29) is 5.41 Å². The highest BCUT2D eigenvalue weighted by Crippen LogP contribution is 2.26. The lowest BCUT2D eigenvalue weighted by molar-refractivity contribution is 0.590. The van der Waals surface area contributed by atoms with Gasteiger partial charge in [-0.1, -0.05) is 69.3 Å². The summed E-state index contributed by atoms with van der Waals surface area (Å²) in [5, 5.41) is 11.0. The van der Waals surface area contributed by atoms with Gasteiger partial charge in [-0.05, 0) is 52.4 Å². The van der Waals surface area contributed by atoms with Gasteiger partial charge < -0.3 is 0 Å². The molecule has 0 aliphatic heterocycles. The van der Waals surface area contributed by atoms with Gasteiger partial charge in [0, 0.05) is 4.90 Å². The highest BCUT2D eigenvalue weighted by atomic mass is 32.2. The van der Waals surface area contributed by atoms with Gasteiger partial charge in [0.05, 0.1) is 0 Å². The molecule has 0 amide bonds. The van der Waals surface area contributed by atoms with Gasteiger partial charge in [0.25, 0.3) is 0 Å². The van der Waals surface area contributed by atoms with E-state index in [4.69, 9.17) is 5.26 Å². The van der Waals surface area contributed by atoms with Crippen molar-refractivity contribution in [3.8, 4) is 5.40 Å². The Morgan fingerprint density at radius 1 is 1.00 bits per heavy atom. The van der Waals surface area contributed by atoms with E-state index in [0.29, 0.717) is 0 Å². The van der Waals surface area contributed by atoms with Gasteiger partial charge in [-0.25, -0.2) is 0 Å². The predicted molar refractivity (Wildman–Crippen MR) is 96.7 cm³/mol. The van der Waals surface area contributed by atoms with Crippen LogP contribution in [-0.4, -0.2) is 0 Å². The number of hydrogen-bond acceptors (Lipinski definition) is 2. The monoisotopic (exact) mass is 307 g/mol. The highest BCUT2D eigenvalue weighted by molar-refractivity contribution is 8.03. The van der Waals surface area contributed by atoms with Crippen molar-refractivity contribution < 1.29 is 0 Å². The molecule has 2 heteroatoms. The largest absolute Gasteiger partial charge is 0.185 e. The van der Waals surface area contributed by atoms with E-state index in [0.717, 1.165) is 16.0 Å². The molecule has 0 fully saturated rings. The molecular weight excluding hydrogens is 286 g/mol. The second-order valence-corrected chi connectivity index (χ2v) is 7.20. The molecule has 22 heavy (non-hydrogen) atoms. The van der Waals surface area contributed by atoms with Crippen molar-refractivity contribution in [1.29, 1.82) is 5.26 Å². The molecule has 2 aromatic carbocycles. The number of thiocyanates is 1. The minimum Gasteiger partial charge on any atom is -0.185 e. The van der Waals surface area contributed by atoms with Crippen molar-refractivity contribution in [2.45, 2.75) is 38.0 Å². The molecule has 2 aromatic rings. The van der Waals surface area contributed by atoms with Crippen LogP contribution in [0.3, 0.4) is 0 Å². The zero-order valence-electron chi connectivity index (χ0n) is 13.6. The third kappa shape index (κ3) is 4.02. The van der Waals surface area contributed by atoms with E-state index >= 15 is 0 Å². The molecule has 0 aliphatic carbocycles. The van der Waals surface area contributed by atoms with E-state index in [2.05, 4.69) is 75.6 Å². The van der Waals surface area contributed by atoms with E-state index < -0.39 is 0 Å². The molecule has 0 saturated carbocycles. The average Bonchev–Trinajstić information content (AvgIpc) is 2.48. The van der Waals surface area contributed by atoms with Crippen LogP contribution in [0.4, 0.5) is 0 Å². The van der Waals surface area contributed by atoms with Crippen molar-refractivity contribution in [1.82, 2.24) is 0 Å². The van der Waals surface area contributed by atoms with Crippen LogP contribution in [0.1, 0.15) is 43.0 Å². The summed E-state index contributed by atoms with van der Waals surface area (Å²) in [6.07, 6.45) is 4.23. The Balaban J connectivity index is 2.22. The first-order valence-electron chi connectivity index (χ1n) is 7.36. The number of thioether (sulfide) groups is 1. The minimum absolute atomic E-state index is 0.182. The molecule has 0 radical (unpaired) electrons. The van der Waals surface area contributed by atoms with Gasteiger partial charge in [-0.3, -0.25) is 0 Å². The Morgan fingerprint density at radius 3 is 2.27 bits per heavy atom. The van der Waals surface area contributed by atoms with Crippen LogP contribution in [-0.2, 0) is 5.41 Å². The lowest BCUT2D eigenvalue weighted by Gasteiger charge is -2.18. The fourth-order valence-electron chi connectivity index (χ4n) is 2.25. The first kappa shape index (κ1) is 16.4. The number of rotatable bonds is 3. The van der Waals surface area contributed by atoms with Crippen LogP contribution in [0.25, 0.3) is 12.2 Å². The van der Waals surface area contributed by atoms with Gasteiger partial charge in [0.2, 0.25) is 0 Å². The summed E-state index contributed by atoms with van der Waals surface area (Å²) in [4.78, 5) is 1.02. The molecule has 0 unspecified atom stereocenters. The Kier molecular flexibility index (Phi) is 5.11. The Morgan fingerprint density at radius 2 is 1.68 bits per heavy atom. The van der Waals surface area contributed by atoms with Crippen LogP contribution in [0, 0.1) is 17.6 Å². The summed E-state index contributed by atoms with van der Waals surface area (Å²) in [6.45, 7) is 8.72. The van der Waals surface area contributed by atoms with Gasteiger partial charge in [-0.2, -0.15) is 5.26 Å². The Labute approximate surface area is 137 Å². The summed E-state index contributed by atoms with van der Waals surface area (Å²) in [5.74, 6) is 0. The second-order valence-electron chi connectivity index (χ2n) is 6.37. The molecule has 0 N–H and O–H groups in total. The zero-order valence-corrected chi connectivity index (χ0v) is 14.4. The summed E-state index contributed by atoms with van der Waals surface area (Å²) < 4.78 is 0. The van der Waals surface area contributed by atoms with E-state index in [1.54, 1.807) is 0 Å². The maximum atomic E-state index is 8.83. The molecule has 0 saturated heterocycles. The van der Waals surface area contributed by atoms with Crippen molar-refractivity contribution >= 4 is 23.9 Å². The van der Waals surface area contributed by atoms with Crippen LogP contribution in [0.15, 0.2) is 47.4 Å². The zero-order chi connectivity index (χ0) is 16.2. The summed E-state index contributed by atoms with van der Waals surface area (Å²) in [7, 11) is 0. The number of nitrogens with zero attached hydrogens (tertiary/aromatic N) is 1. The normalized spacial score (nSPS) is 11.6. The fraction of sp³-hybridized carbons (Fsp3) is 0.250. The van der Waals surface area contributed by atoms with Crippen LogP contribution in [0.5, 0.6) is 0 Å². The van der Waals surface area contributed by atoms with Crippen LogP contribution < -0.4 is 0 Å². The highest BCUT2D eigenvalue weighted by Gasteiger charge is 2.12. The molecule has 0 atom stereocenters. The van der Waals surface area contributed by atoms with Crippen molar-refractivity contribution in [2.24, 2.45) is 0 Å².